The first kappa shape index (κ1) is 40.1. The average molecular weight is 810 g/mol. The van der Waals surface area contributed by atoms with Crippen LogP contribution in [-0.2, 0) is 21.7 Å². The van der Waals surface area contributed by atoms with Gasteiger partial charge in [-0.05, 0) is 121 Å². The maximum atomic E-state index is 2.67. The minimum atomic E-state index is -0.0284. The smallest absolute Gasteiger partial charge is 0.333 e. The predicted octanol–water partition coefficient (Wildman–Crippen LogP) is 14.9. The summed E-state index contributed by atoms with van der Waals surface area (Å²) in [6.07, 6.45) is 0. The Kier molecular flexibility index (Phi) is 8.89. The Hall–Kier alpha value is -6.00. The van der Waals surface area contributed by atoms with E-state index in [1.165, 1.54) is 77.5 Å². The second-order valence-corrected chi connectivity index (χ2v) is 22.0. The largest absolute Gasteiger partial charge is 0.375 e. The molecule has 10 rings (SSSR count). The maximum Gasteiger partial charge on any atom is 0.333 e. The number of nitrogens with zero attached hydrogens (tertiary/aromatic N) is 3. The fourth-order valence-corrected chi connectivity index (χ4v) is 10.0. The van der Waals surface area contributed by atoms with E-state index in [-0.39, 0.29) is 28.5 Å². The van der Waals surface area contributed by atoms with E-state index in [2.05, 4.69) is 243 Å². The third-order valence-corrected chi connectivity index (χ3v) is 13.6. The predicted molar refractivity (Wildman–Crippen MR) is 269 cm³/mol. The summed E-state index contributed by atoms with van der Waals surface area (Å²) in [6, 6.07) is 56.1. The molecule has 0 saturated carbocycles. The lowest BCUT2D eigenvalue weighted by atomic mass is 9.44. The molecular weight excluding hydrogens is 749 g/mol. The normalized spacial score (nSPS) is 13.7. The van der Waals surface area contributed by atoms with Crippen LogP contribution in [0.3, 0.4) is 0 Å². The summed E-state index contributed by atoms with van der Waals surface area (Å²) in [5.41, 5.74) is 20.3. The number of hydrogen-bond donors (Lipinski definition) is 0. The summed E-state index contributed by atoms with van der Waals surface area (Å²) in [5, 5.41) is 2.60. The van der Waals surface area contributed by atoms with Gasteiger partial charge in [-0.1, -0.05) is 168 Å². The standard InChI is InChI=1S/C58H60BN3/c1-55(2,3)37-20-27-41(28-21-37)60(42-29-22-38(23-30-42)56(4,5)6)44-35-48-47-18-15-17-46-45-16-13-14-19-50(45)62(54(46)47)59-49-34-40(58(10,11)12)26-33-51(49)61(52(36-44)53(48)59)43-31-24-39(25-32-43)57(7,8)9/h13-36H,1-12H3. The molecule has 7 aromatic carbocycles. The number of para-hydroxylation sites is 2. The van der Waals surface area contributed by atoms with Gasteiger partial charge in [-0.15, -0.1) is 0 Å². The van der Waals surface area contributed by atoms with Gasteiger partial charge in [0.25, 0.3) is 0 Å². The lowest BCUT2D eigenvalue weighted by Gasteiger charge is -2.42. The first-order chi connectivity index (χ1) is 29.3. The molecule has 2 aliphatic heterocycles. The van der Waals surface area contributed by atoms with E-state index in [1.54, 1.807) is 0 Å². The van der Waals surface area contributed by atoms with Gasteiger partial charge < -0.3 is 14.3 Å². The van der Waals surface area contributed by atoms with Crippen molar-refractivity contribution in [1.29, 1.82) is 0 Å². The van der Waals surface area contributed by atoms with Crippen LogP contribution in [0.15, 0.2) is 146 Å². The van der Waals surface area contributed by atoms with Crippen molar-refractivity contribution in [2.45, 2.75) is 105 Å². The molecule has 0 unspecified atom stereocenters. The minimum absolute atomic E-state index is 0.0204. The van der Waals surface area contributed by atoms with Crippen LogP contribution >= 0.6 is 0 Å². The molecular formula is C58H60BN3. The van der Waals surface area contributed by atoms with Crippen molar-refractivity contribution in [2.75, 3.05) is 9.80 Å². The Morgan fingerprint density at radius 2 is 0.935 bits per heavy atom. The van der Waals surface area contributed by atoms with E-state index in [0.717, 1.165) is 22.7 Å². The van der Waals surface area contributed by atoms with Crippen LogP contribution in [0.2, 0.25) is 0 Å². The van der Waals surface area contributed by atoms with E-state index >= 15 is 0 Å². The third kappa shape index (κ3) is 6.40. The van der Waals surface area contributed by atoms with E-state index in [1.807, 2.05) is 0 Å². The van der Waals surface area contributed by atoms with Crippen LogP contribution in [0, 0.1) is 0 Å². The zero-order valence-corrected chi connectivity index (χ0v) is 38.8. The lowest BCUT2D eigenvalue weighted by molar-refractivity contribution is 0.590. The number of rotatable bonds is 4. The lowest BCUT2D eigenvalue weighted by Crippen LogP contribution is -2.57. The van der Waals surface area contributed by atoms with Crippen LogP contribution in [0.25, 0.3) is 32.9 Å². The molecule has 0 aliphatic carbocycles. The molecule has 0 fully saturated rings. The third-order valence-electron chi connectivity index (χ3n) is 13.6. The molecule has 4 heteroatoms. The zero-order chi connectivity index (χ0) is 43.7. The monoisotopic (exact) mass is 809 g/mol. The molecule has 0 atom stereocenters. The summed E-state index contributed by atoms with van der Waals surface area (Å²) in [6.45, 7) is 27.6. The van der Waals surface area contributed by atoms with Crippen molar-refractivity contribution in [2.24, 2.45) is 0 Å². The van der Waals surface area contributed by atoms with Crippen LogP contribution in [0.4, 0.5) is 34.1 Å². The SMILES string of the molecule is CC(C)(C)c1ccc(N(c2ccc(C(C)(C)C)cc2)c2cc3c4c(c2)N(c2ccc(C(C)(C)C)cc2)c2ccc(C(C)(C)C)cc2B4n2c4ccccc4c4cccc-3c42)cc1. The molecule has 310 valence electrons. The van der Waals surface area contributed by atoms with Gasteiger partial charge in [-0.2, -0.15) is 0 Å². The highest BCUT2D eigenvalue weighted by molar-refractivity contribution is 6.90. The summed E-state index contributed by atoms with van der Waals surface area (Å²) in [7, 11) is 0. The van der Waals surface area contributed by atoms with Crippen molar-refractivity contribution in [3.63, 3.8) is 0 Å². The molecule has 0 saturated heterocycles. The van der Waals surface area contributed by atoms with Crippen LogP contribution in [0.5, 0.6) is 0 Å². The van der Waals surface area contributed by atoms with Gasteiger partial charge in [0, 0.05) is 61.5 Å². The van der Waals surface area contributed by atoms with E-state index in [9.17, 15) is 0 Å². The van der Waals surface area contributed by atoms with Crippen molar-refractivity contribution >= 4 is 73.7 Å². The first-order valence-corrected chi connectivity index (χ1v) is 22.6. The number of aromatic nitrogens is 1. The van der Waals surface area contributed by atoms with Gasteiger partial charge in [-0.25, -0.2) is 0 Å². The van der Waals surface area contributed by atoms with E-state index in [0.29, 0.717) is 0 Å². The summed E-state index contributed by atoms with van der Waals surface area (Å²) >= 11 is 0. The van der Waals surface area contributed by atoms with Gasteiger partial charge in [0.2, 0.25) is 0 Å². The fourth-order valence-electron chi connectivity index (χ4n) is 10.0. The second kappa shape index (κ2) is 13.8. The van der Waals surface area contributed by atoms with Gasteiger partial charge in [0.1, 0.15) is 0 Å². The van der Waals surface area contributed by atoms with Gasteiger partial charge in [0.05, 0.1) is 0 Å². The number of fused-ring (bicyclic) bond motifs is 7. The Labute approximate surface area is 370 Å². The molecule has 1 aromatic heterocycles. The Bertz CT molecular complexity index is 2970. The Morgan fingerprint density at radius 3 is 1.50 bits per heavy atom. The van der Waals surface area contributed by atoms with Gasteiger partial charge >= 0.3 is 6.85 Å². The Balaban J connectivity index is 1.32. The maximum absolute atomic E-state index is 2.67. The number of hydrogen-bond acceptors (Lipinski definition) is 2. The minimum Gasteiger partial charge on any atom is -0.375 e. The van der Waals surface area contributed by atoms with Crippen molar-refractivity contribution in [3.8, 4) is 11.1 Å². The molecule has 3 heterocycles. The van der Waals surface area contributed by atoms with Crippen molar-refractivity contribution in [1.82, 2.24) is 4.48 Å². The van der Waals surface area contributed by atoms with Gasteiger partial charge in [0.15, 0.2) is 0 Å². The Morgan fingerprint density at radius 1 is 0.419 bits per heavy atom. The average Bonchev–Trinajstić information content (AvgIpc) is 3.56. The second-order valence-electron chi connectivity index (χ2n) is 22.0. The molecule has 0 N–H and O–H groups in total. The van der Waals surface area contributed by atoms with Crippen LogP contribution < -0.4 is 20.7 Å². The molecule has 8 aromatic rings. The fraction of sp³-hybridized carbons (Fsp3) is 0.276. The highest BCUT2D eigenvalue weighted by Gasteiger charge is 2.44. The van der Waals surface area contributed by atoms with E-state index < -0.39 is 0 Å². The first-order valence-electron chi connectivity index (χ1n) is 22.6. The molecule has 0 bridgehead atoms. The molecule has 62 heavy (non-hydrogen) atoms. The molecule has 2 aliphatic rings. The molecule has 3 nitrogen and oxygen atoms in total. The van der Waals surface area contributed by atoms with Gasteiger partial charge in [-0.3, -0.25) is 0 Å². The summed E-state index contributed by atoms with van der Waals surface area (Å²) in [4.78, 5) is 5.04. The summed E-state index contributed by atoms with van der Waals surface area (Å²) < 4.78 is 2.67. The quantitative estimate of drug-likeness (QED) is 0.164. The number of benzene rings is 7. The van der Waals surface area contributed by atoms with E-state index in [4.69, 9.17) is 0 Å². The zero-order valence-electron chi connectivity index (χ0n) is 38.8. The highest BCUT2D eigenvalue weighted by Crippen LogP contribution is 2.49. The number of anilines is 6. The van der Waals surface area contributed by atoms with Crippen molar-refractivity contribution in [3.05, 3.63) is 168 Å². The molecule has 0 spiro atoms. The van der Waals surface area contributed by atoms with Crippen LogP contribution in [0.1, 0.15) is 105 Å². The highest BCUT2D eigenvalue weighted by atomic mass is 15.2. The molecule has 0 radical (unpaired) electrons. The summed E-state index contributed by atoms with van der Waals surface area (Å²) in [5.74, 6) is 0. The molecule has 0 amide bonds. The van der Waals surface area contributed by atoms with Crippen LogP contribution in [-0.4, -0.2) is 11.3 Å². The van der Waals surface area contributed by atoms with Crippen molar-refractivity contribution < 1.29 is 0 Å². The topological polar surface area (TPSA) is 11.4 Å².